The number of halogens is 1. The number of amides is 1. The van der Waals surface area contributed by atoms with Crippen molar-refractivity contribution >= 4 is 21.8 Å². The zero-order valence-corrected chi connectivity index (χ0v) is 15.3. The summed E-state index contributed by atoms with van der Waals surface area (Å²) in [5, 5.41) is 0. The molecule has 1 aromatic carbocycles. The van der Waals surface area contributed by atoms with Crippen molar-refractivity contribution in [2.45, 2.75) is 32.7 Å². The summed E-state index contributed by atoms with van der Waals surface area (Å²) in [6, 6.07) is 7.91. The molecule has 0 aliphatic carbocycles. The number of aromatic nitrogens is 1. The molecule has 124 valence electrons. The minimum absolute atomic E-state index is 0.0344. The van der Waals surface area contributed by atoms with Crippen LogP contribution in [0.15, 0.2) is 33.2 Å². The molecule has 0 fully saturated rings. The molecule has 2 N–H and O–H groups in total. The van der Waals surface area contributed by atoms with Gasteiger partial charge < -0.3 is 15.1 Å². The molecule has 1 amide bonds. The normalized spacial score (nSPS) is 12.2. The van der Waals surface area contributed by atoms with E-state index in [1.165, 1.54) is 0 Å². The Morgan fingerprint density at radius 3 is 2.65 bits per heavy atom. The van der Waals surface area contributed by atoms with E-state index in [2.05, 4.69) is 20.9 Å². The van der Waals surface area contributed by atoms with Gasteiger partial charge in [-0.05, 0) is 26.0 Å². The fourth-order valence-electron chi connectivity index (χ4n) is 2.22. The molecule has 0 bridgehead atoms. The van der Waals surface area contributed by atoms with Crippen LogP contribution in [-0.4, -0.2) is 35.4 Å². The molecule has 0 saturated heterocycles. The van der Waals surface area contributed by atoms with Crippen LogP contribution in [0.1, 0.15) is 24.9 Å². The molecule has 23 heavy (non-hydrogen) atoms. The smallest absolute Gasteiger partial charge is 0.223 e. The quantitative estimate of drug-likeness (QED) is 0.836. The van der Waals surface area contributed by atoms with Crippen molar-refractivity contribution in [1.82, 2.24) is 9.88 Å². The third kappa shape index (κ3) is 4.42. The number of aryl methyl sites for hydroxylation is 2. The summed E-state index contributed by atoms with van der Waals surface area (Å²) >= 11 is 3.42. The zero-order valence-electron chi connectivity index (χ0n) is 13.7. The summed E-state index contributed by atoms with van der Waals surface area (Å²) in [5.74, 6) is 1.38. The summed E-state index contributed by atoms with van der Waals surface area (Å²) in [7, 11) is 1.77. The molecular formula is C17H22BrN3O2. The molecule has 0 radical (unpaired) electrons. The Balaban J connectivity index is 2.04. The lowest BCUT2D eigenvalue weighted by Crippen LogP contribution is -2.39. The maximum Gasteiger partial charge on any atom is 0.223 e. The molecule has 6 heteroatoms. The monoisotopic (exact) mass is 379 g/mol. The van der Waals surface area contributed by atoms with E-state index in [0.717, 1.165) is 21.5 Å². The lowest BCUT2D eigenvalue weighted by atomic mass is 10.1. The van der Waals surface area contributed by atoms with Crippen molar-refractivity contribution in [2.75, 3.05) is 13.6 Å². The van der Waals surface area contributed by atoms with Crippen LogP contribution in [0.4, 0.5) is 0 Å². The highest BCUT2D eigenvalue weighted by atomic mass is 79.9. The first kappa shape index (κ1) is 17.7. The second kappa shape index (κ2) is 7.75. The van der Waals surface area contributed by atoms with E-state index < -0.39 is 0 Å². The first-order valence-corrected chi connectivity index (χ1v) is 8.39. The molecule has 1 heterocycles. The van der Waals surface area contributed by atoms with Gasteiger partial charge in [0.05, 0.1) is 5.69 Å². The Kier molecular flexibility index (Phi) is 5.96. The summed E-state index contributed by atoms with van der Waals surface area (Å²) in [5.41, 5.74) is 7.40. The van der Waals surface area contributed by atoms with E-state index in [-0.39, 0.29) is 11.9 Å². The maximum absolute atomic E-state index is 12.1. The van der Waals surface area contributed by atoms with Gasteiger partial charge in [-0.25, -0.2) is 4.98 Å². The lowest BCUT2D eigenvalue weighted by molar-refractivity contribution is -0.131. The number of rotatable bonds is 6. The highest BCUT2D eigenvalue weighted by Gasteiger charge is 2.17. The van der Waals surface area contributed by atoms with Gasteiger partial charge in [0.15, 0.2) is 11.7 Å². The first-order valence-electron chi connectivity index (χ1n) is 7.60. The summed E-state index contributed by atoms with van der Waals surface area (Å²) in [4.78, 5) is 18.2. The van der Waals surface area contributed by atoms with E-state index in [0.29, 0.717) is 25.3 Å². The van der Waals surface area contributed by atoms with Gasteiger partial charge in [-0.3, -0.25) is 4.79 Å². The molecule has 1 atom stereocenters. The van der Waals surface area contributed by atoms with E-state index in [1.54, 1.807) is 11.9 Å². The van der Waals surface area contributed by atoms with Crippen LogP contribution in [0, 0.1) is 6.92 Å². The van der Waals surface area contributed by atoms with Gasteiger partial charge in [0.2, 0.25) is 5.91 Å². The Hall–Kier alpha value is -1.66. The maximum atomic E-state index is 12.1. The third-order valence-electron chi connectivity index (χ3n) is 3.90. The second-order valence-electron chi connectivity index (χ2n) is 5.62. The van der Waals surface area contributed by atoms with Crippen LogP contribution in [0.5, 0.6) is 0 Å². The number of nitrogens with zero attached hydrogens (tertiary/aromatic N) is 2. The molecule has 1 aromatic heterocycles. The highest BCUT2D eigenvalue weighted by Crippen LogP contribution is 2.26. The van der Waals surface area contributed by atoms with Crippen LogP contribution < -0.4 is 5.73 Å². The van der Waals surface area contributed by atoms with Crippen LogP contribution >= 0.6 is 15.9 Å². The van der Waals surface area contributed by atoms with Gasteiger partial charge in [0.1, 0.15) is 0 Å². The molecule has 0 aliphatic heterocycles. The van der Waals surface area contributed by atoms with Gasteiger partial charge in [0, 0.05) is 42.5 Å². The number of benzene rings is 1. The van der Waals surface area contributed by atoms with Crippen molar-refractivity contribution in [3.63, 3.8) is 0 Å². The van der Waals surface area contributed by atoms with Gasteiger partial charge in [-0.2, -0.15) is 0 Å². The van der Waals surface area contributed by atoms with Gasteiger partial charge >= 0.3 is 0 Å². The average molecular weight is 380 g/mol. The van der Waals surface area contributed by atoms with Crippen LogP contribution in [0.2, 0.25) is 0 Å². The minimum atomic E-state index is 0.0344. The molecule has 2 rings (SSSR count). The van der Waals surface area contributed by atoms with E-state index in [9.17, 15) is 4.79 Å². The van der Waals surface area contributed by atoms with Gasteiger partial charge in [0.25, 0.3) is 0 Å². The SMILES string of the molecule is Cc1nc(CCC(=O)N(C)C(C)CN)oc1-c1ccc(Br)cc1. The Morgan fingerprint density at radius 2 is 2.04 bits per heavy atom. The largest absolute Gasteiger partial charge is 0.440 e. The minimum Gasteiger partial charge on any atom is -0.440 e. The number of nitrogens with two attached hydrogens (primary N) is 1. The van der Waals surface area contributed by atoms with Crippen LogP contribution in [0.25, 0.3) is 11.3 Å². The highest BCUT2D eigenvalue weighted by molar-refractivity contribution is 9.10. The van der Waals surface area contributed by atoms with E-state index in [1.807, 2.05) is 38.1 Å². The molecule has 0 aliphatic rings. The third-order valence-corrected chi connectivity index (χ3v) is 4.42. The number of carbonyl (C=O) groups is 1. The Morgan fingerprint density at radius 1 is 1.39 bits per heavy atom. The molecular weight excluding hydrogens is 358 g/mol. The first-order chi connectivity index (χ1) is 10.9. The number of hydrogen-bond acceptors (Lipinski definition) is 4. The summed E-state index contributed by atoms with van der Waals surface area (Å²) < 4.78 is 6.85. The standard InChI is InChI=1S/C17H22BrN3O2/c1-11(10-19)21(3)16(22)9-8-15-20-12(2)17(23-15)13-4-6-14(18)7-5-13/h4-7,11H,8-10,19H2,1-3H3. The molecule has 5 nitrogen and oxygen atoms in total. The fourth-order valence-corrected chi connectivity index (χ4v) is 2.49. The molecule has 0 spiro atoms. The summed E-state index contributed by atoms with van der Waals surface area (Å²) in [6.45, 7) is 4.29. The Bertz CT molecular complexity index is 667. The van der Waals surface area contributed by atoms with E-state index in [4.69, 9.17) is 10.2 Å². The number of oxazole rings is 1. The van der Waals surface area contributed by atoms with Crippen molar-refractivity contribution in [1.29, 1.82) is 0 Å². The lowest BCUT2D eigenvalue weighted by Gasteiger charge is -2.23. The fraction of sp³-hybridized carbons (Fsp3) is 0.412. The van der Waals surface area contributed by atoms with Crippen molar-refractivity contribution in [3.8, 4) is 11.3 Å². The van der Waals surface area contributed by atoms with Crippen LogP contribution in [-0.2, 0) is 11.2 Å². The average Bonchev–Trinajstić information content (AvgIpc) is 2.92. The molecule has 2 aromatic rings. The Labute approximate surface area is 145 Å². The van der Waals surface area contributed by atoms with Crippen molar-refractivity contribution in [2.24, 2.45) is 5.73 Å². The molecule has 1 unspecified atom stereocenters. The van der Waals surface area contributed by atoms with E-state index >= 15 is 0 Å². The predicted octanol–water partition coefficient (Wildman–Crippen LogP) is 3.15. The molecule has 0 saturated carbocycles. The second-order valence-corrected chi connectivity index (χ2v) is 6.53. The predicted molar refractivity (Wildman–Crippen MR) is 94.0 cm³/mol. The zero-order chi connectivity index (χ0) is 17.0. The van der Waals surface area contributed by atoms with Crippen LogP contribution in [0.3, 0.4) is 0 Å². The number of hydrogen-bond donors (Lipinski definition) is 1. The van der Waals surface area contributed by atoms with Crippen molar-refractivity contribution in [3.05, 3.63) is 40.3 Å². The number of likely N-dealkylation sites (N-methyl/N-ethyl adjacent to an activating group) is 1. The van der Waals surface area contributed by atoms with Gasteiger partial charge in [-0.1, -0.05) is 28.1 Å². The van der Waals surface area contributed by atoms with Gasteiger partial charge in [-0.15, -0.1) is 0 Å². The summed E-state index contributed by atoms with van der Waals surface area (Å²) in [6.07, 6.45) is 0.846. The van der Waals surface area contributed by atoms with Crippen molar-refractivity contribution < 1.29 is 9.21 Å². The topological polar surface area (TPSA) is 72.4 Å². The number of carbonyl (C=O) groups excluding carboxylic acids is 1.